The Morgan fingerprint density at radius 1 is 0.565 bits per heavy atom. The molecule has 0 amide bonds. The van der Waals surface area contributed by atoms with Crippen molar-refractivity contribution >= 4 is 98.5 Å². The summed E-state index contributed by atoms with van der Waals surface area (Å²) in [7, 11) is 2.44. The maximum atomic E-state index is 11.1. The average Bonchev–Trinajstić information content (AvgIpc) is 3.14. The molecule has 0 aliphatic heterocycles. The van der Waals surface area contributed by atoms with Crippen LogP contribution in [0.15, 0.2) is 50.6 Å². The molecule has 0 atom stereocenters. The second-order valence-electron chi connectivity index (χ2n) is 16.3. The van der Waals surface area contributed by atoms with E-state index in [2.05, 4.69) is 45.1 Å². The van der Waals surface area contributed by atoms with Gasteiger partial charge in [-0.3, -0.25) is 30.3 Å². The predicted molar refractivity (Wildman–Crippen MR) is 314 cm³/mol. The Morgan fingerprint density at radius 2 is 0.929 bits per heavy atom. The fraction of sp³-hybridized carbons (Fsp3) is 0.220. The summed E-state index contributed by atoms with van der Waals surface area (Å²) in [6.07, 6.45) is 0. The number of ether oxygens (including phenoxy) is 2. The molecule has 8 aromatic rings. The summed E-state index contributed by atoms with van der Waals surface area (Å²) in [5, 5.41) is 100. The van der Waals surface area contributed by atoms with Gasteiger partial charge in [-0.25, -0.2) is 19.7 Å². The first-order valence-corrected chi connectivity index (χ1v) is 24.3. The van der Waals surface area contributed by atoms with E-state index in [4.69, 9.17) is 99.4 Å². The first-order valence-electron chi connectivity index (χ1n) is 22.1. The van der Waals surface area contributed by atoms with Gasteiger partial charge in [-0.15, -0.1) is 0 Å². The number of phenolic OH excluding ortho intramolecular Hbond substituents is 4. The lowest BCUT2D eigenvalue weighted by Gasteiger charge is -2.09. The average molecular weight is 1300 g/mol. The number of carbonyl (C=O) groups is 1. The number of hydrogen-bond donors (Lipinski definition) is 7. The number of phenols is 4. The number of amidine groups is 1. The summed E-state index contributed by atoms with van der Waals surface area (Å²) >= 11 is 36.5. The number of nitrogens with two attached hydrogens (primary N) is 1. The van der Waals surface area contributed by atoms with Crippen LogP contribution in [0.25, 0.3) is 45.7 Å². The Hall–Kier alpha value is -9.13. The predicted octanol–water partition coefficient (Wildman–Crippen LogP) is 13.4. The largest absolute Gasteiger partial charge is 0.504 e. The monoisotopic (exact) mass is 1300 g/mol. The molecule has 0 unspecified atom stereocenters. The molecule has 0 saturated heterocycles. The third kappa shape index (κ3) is 15.8. The van der Waals surface area contributed by atoms with Crippen LogP contribution < -0.4 is 15.2 Å². The van der Waals surface area contributed by atoms with Crippen LogP contribution in [0.3, 0.4) is 0 Å². The number of carboxylic acid groups (broad SMARTS) is 1. The topological polar surface area (TPSA) is 441 Å². The van der Waals surface area contributed by atoms with E-state index in [-0.39, 0.29) is 95.2 Å². The minimum atomic E-state index is -1.34. The number of carboxylic acids is 1. The number of aromatic hydroxyl groups is 4. The van der Waals surface area contributed by atoms with E-state index in [1.807, 2.05) is 0 Å². The maximum absolute atomic E-state index is 11.1. The first-order chi connectivity index (χ1) is 38.4. The number of nitrogens with zero attached hydrogens (tertiary/aromatic N) is 11. The van der Waals surface area contributed by atoms with Crippen LogP contribution in [0.4, 0.5) is 17.1 Å². The van der Waals surface area contributed by atoms with Crippen LogP contribution in [-0.4, -0.2) is 107 Å². The van der Waals surface area contributed by atoms with Gasteiger partial charge in [0.2, 0.25) is 28.9 Å². The Labute approximate surface area is 511 Å². The quantitative estimate of drug-likeness (QED) is 0.0120. The number of pyridine rings is 3. The van der Waals surface area contributed by atoms with Crippen molar-refractivity contribution in [1.82, 2.24) is 35.2 Å². The van der Waals surface area contributed by atoms with Gasteiger partial charge in [-0.2, -0.15) is 9.97 Å². The highest BCUT2D eigenvalue weighted by atomic mass is 35.5. The van der Waals surface area contributed by atoms with E-state index < -0.39 is 60.8 Å². The van der Waals surface area contributed by atoms with Gasteiger partial charge in [0.1, 0.15) is 15.5 Å². The number of nitro groups is 3. The second kappa shape index (κ2) is 29.9. The van der Waals surface area contributed by atoms with Crippen molar-refractivity contribution in [3.63, 3.8) is 0 Å². The van der Waals surface area contributed by atoms with Crippen LogP contribution in [0.1, 0.15) is 72.0 Å². The zero-order valence-electron chi connectivity index (χ0n) is 42.9. The van der Waals surface area contributed by atoms with Crippen molar-refractivity contribution in [3.05, 3.63) is 142 Å². The fourth-order valence-corrected chi connectivity index (χ4v) is 8.49. The molecule has 454 valence electrons. The number of oxime groups is 1. The number of methoxy groups -OCH3 is 2. The molecular formula is C50H50Cl6N12O17. The highest BCUT2D eigenvalue weighted by Gasteiger charge is 2.27. The van der Waals surface area contributed by atoms with Gasteiger partial charge in [0, 0.05) is 18.2 Å². The van der Waals surface area contributed by atoms with Crippen LogP contribution in [0, 0.1) is 71.9 Å². The molecule has 5 aromatic heterocycles. The van der Waals surface area contributed by atoms with Gasteiger partial charge >= 0.3 is 23.0 Å². The third-order valence-electron chi connectivity index (χ3n) is 11.1. The van der Waals surface area contributed by atoms with Crippen molar-refractivity contribution in [2.75, 3.05) is 14.2 Å². The molecule has 0 aliphatic rings. The molecule has 8 rings (SSSR count). The molecular weight excluding hydrogens is 1250 g/mol. The minimum absolute atomic E-state index is 0. The minimum Gasteiger partial charge on any atom is -0.504 e. The number of rotatable bonds is 11. The summed E-state index contributed by atoms with van der Waals surface area (Å²) in [5.41, 5.74) is 8.08. The third-order valence-corrected chi connectivity index (χ3v) is 13.6. The van der Waals surface area contributed by atoms with Gasteiger partial charge in [0.15, 0.2) is 23.1 Å². The molecule has 0 saturated carbocycles. The van der Waals surface area contributed by atoms with E-state index in [1.165, 1.54) is 20.3 Å². The molecule has 85 heavy (non-hydrogen) atoms. The van der Waals surface area contributed by atoms with E-state index in [1.54, 1.807) is 41.5 Å². The summed E-state index contributed by atoms with van der Waals surface area (Å²) in [4.78, 5) is 61.3. The van der Waals surface area contributed by atoms with Crippen LogP contribution in [0.2, 0.25) is 30.5 Å². The lowest BCUT2D eigenvalue weighted by molar-refractivity contribution is -0.386. The molecule has 0 spiro atoms. The standard InChI is InChI=1S/C16H12Cl2N4O5.C15H10Cl2N4O5.C8H9Cl2N3O.C8H7NO6.3CH4/c1-6-11(14(18)19-7(2)12(6)17)15-20-16(27-21-15)8-4-9(22(24)25)13(23)10(5-8)26-3;1-5-10(13(17)18-6(2)11(5)16)14-19-15(26-20-14)7-3-8(21(24)25)12(23)9(22)4-7;1-3-5(8(11)13-14)7(10)12-4(2)6(3)9;1-15-6-3-4(8(11)12)2-5(7(6)10)9(13)14;;;/h4-5,23H,1-3H3;3-4,22-23H,1-2H3;14H,1-2H3,(H2,11,13);2-3,10H,1H3,(H,11,12);3*1H4. The van der Waals surface area contributed by atoms with E-state index >= 15 is 0 Å². The first kappa shape index (κ1) is 72.0. The SMILES string of the molecule is C.C.C.COc1cc(-c2nc(-c3c(Cl)nc(C)c(Cl)c3C)no2)cc([N+](=O)[O-])c1O.COc1cc(C(=O)O)cc([N+](=O)[O-])c1O.Cc1nc(Cl)c(-c2noc(-c3cc(O)c(O)c([N+](=O)[O-])c3)n2)c(C)c1Cl.Cc1nc(Cl)c(/C(N)=N\O)c(C)c1Cl. The maximum Gasteiger partial charge on any atom is 0.336 e. The molecule has 29 nitrogen and oxygen atoms in total. The summed E-state index contributed by atoms with van der Waals surface area (Å²) in [5.74, 6) is -4.57. The fourth-order valence-electron chi connectivity index (χ4n) is 7.01. The molecule has 0 radical (unpaired) electrons. The number of halogens is 6. The normalized spacial score (nSPS) is 10.4. The number of benzene rings is 3. The zero-order valence-corrected chi connectivity index (χ0v) is 47.4. The number of hydrogen-bond acceptors (Lipinski definition) is 24. The van der Waals surface area contributed by atoms with Gasteiger partial charge in [0.25, 0.3) is 11.8 Å². The second-order valence-corrected chi connectivity index (χ2v) is 18.5. The highest BCUT2D eigenvalue weighted by Crippen LogP contribution is 2.43. The van der Waals surface area contributed by atoms with Crippen LogP contribution >= 0.6 is 69.6 Å². The number of aromatic nitrogens is 7. The Balaban J connectivity index is 0.000000397. The smallest absolute Gasteiger partial charge is 0.336 e. The zero-order chi connectivity index (χ0) is 61.5. The van der Waals surface area contributed by atoms with Crippen LogP contribution in [0.5, 0.6) is 34.5 Å². The highest BCUT2D eigenvalue weighted by molar-refractivity contribution is 6.37. The Morgan fingerprint density at radius 3 is 1.32 bits per heavy atom. The van der Waals surface area contributed by atoms with Crippen LogP contribution in [-0.2, 0) is 0 Å². The van der Waals surface area contributed by atoms with Gasteiger partial charge in [0.05, 0.1) is 94.5 Å². The van der Waals surface area contributed by atoms with E-state index in [0.717, 1.165) is 30.3 Å². The van der Waals surface area contributed by atoms with Crippen molar-refractivity contribution < 1.29 is 68.8 Å². The summed E-state index contributed by atoms with van der Waals surface area (Å²) in [6, 6.07) is 6.28. The number of nitro benzene ring substituents is 3. The molecule has 0 fully saturated rings. The van der Waals surface area contributed by atoms with Gasteiger partial charge in [-0.05, 0) is 76.4 Å². The molecule has 0 bridgehead atoms. The van der Waals surface area contributed by atoms with Crippen molar-refractivity contribution in [1.29, 1.82) is 0 Å². The Kier molecular flexibility index (Phi) is 25.3. The molecule has 5 heterocycles. The lowest BCUT2D eigenvalue weighted by Crippen LogP contribution is -2.16. The number of aromatic carboxylic acids is 1. The molecule has 35 heteroatoms. The summed E-state index contributed by atoms with van der Waals surface area (Å²) in [6.45, 7) is 10.3. The van der Waals surface area contributed by atoms with Gasteiger partial charge in [-0.1, -0.05) is 107 Å². The Bertz CT molecular complexity index is 3900. The molecule has 3 aromatic carbocycles. The van der Waals surface area contributed by atoms with Gasteiger partial charge < -0.3 is 55.0 Å². The van der Waals surface area contributed by atoms with E-state index in [0.29, 0.717) is 65.5 Å². The van der Waals surface area contributed by atoms with Crippen molar-refractivity contribution in [3.8, 4) is 80.2 Å². The molecule has 8 N–H and O–H groups in total. The lowest BCUT2D eigenvalue weighted by atomic mass is 10.1. The van der Waals surface area contributed by atoms with Crippen molar-refractivity contribution in [2.45, 2.75) is 63.8 Å². The number of aryl methyl sites for hydroxylation is 3. The molecule has 0 aliphatic carbocycles. The van der Waals surface area contributed by atoms with Crippen molar-refractivity contribution in [2.24, 2.45) is 10.9 Å². The van der Waals surface area contributed by atoms with E-state index in [9.17, 15) is 55.6 Å². The summed E-state index contributed by atoms with van der Waals surface area (Å²) < 4.78 is 19.9.